The van der Waals surface area contributed by atoms with E-state index in [1.807, 2.05) is 50.2 Å². The van der Waals surface area contributed by atoms with Crippen LogP contribution < -0.4 is 19.9 Å². The molecule has 0 saturated carbocycles. The molecule has 152 valence electrons. The first kappa shape index (κ1) is 19.4. The summed E-state index contributed by atoms with van der Waals surface area (Å²) in [5.41, 5.74) is 11.0. The third kappa shape index (κ3) is 3.44. The Morgan fingerprint density at radius 1 is 1.20 bits per heavy atom. The molecule has 0 unspecified atom stereocenters. The molecule has 0 fully saturated rings. The summed E-state index contributed by atoms with van der Waals surface area (Å²) >= 11 is 0. The highest BCUT2D eigenvalue weighted by Crippen LogP contribution is 2.44. The van der Waals surface area contributed by atoms with E-state index in [9.17, 15) is 5.26 Å². The lowest BCUT2D eigenvalue weighted by Gasteiger charge is -2.24. The van der Waals surface area contributed by atoms with Crippen LogP contribution in [-0.4, -0.2) is 17.3 Å². The van der Waals surface area contributed by atoms with E-state index in [2.05, 4.69) is 22.3 Å². The van der Waals surface area contributed by atoms with Crippen molar-refractivity contribution in [2.24, 2.45) is 5.73 Å². The molecule has 2 heterocycles. The summed E-state index contributed by atoms with van der Waals surface area (Å²) < 4.78 is 17.1. The molecular formula is C23H22N4O3. The van der Waals surface area contributed by atoms with Crippen molar-refractivity contribution in [1.29, 1.82) is 5.26 Å². The Bertz CT molecular complexity index is 1170. The van der Waals surface area contributed by atoms with E-state index >= 15 is 0 Å². The Hall–Kier alpha value is -3.92. The number of aromatic amines is 1. The summed E-state index contributed by atoms with van der Waals surface area (Å²) in [4.78, 5) is 0. The van der Waals surface area contributed by atoms with Crippen molar-refractivity contribution in [1.82, 2.24) is 10.2 Å². The molecule has 3 aromatic rings. The second kappa shape index (κ2) is 7.84. The van der Waals surface area contributed by atoms with Crippen molar-refractivity contribution in [2.75, 3.05) is 7.11 Å². The standard InChI is InChI=1S/C23H22N4O3/c1-13-5-4-6-15(9-13)12-29-18-8-7-16(10-19(18)28-3)21-17(11-24)22(25)30-23-20(21)14(2)26-27-23/h4-10,21H,12,25H2,1-3H3,(H,26,27)/t21-/m0/s1. The molecule has 0 amide bonds. The number of fused-ring (bicyclic) bond motifs is 1. The number of nitriles is 1. The first-order valence-corrected chi connectivity index (χ1v) is 9.50. The highest BCUT2D eigenvalue weighted by atomic mass is 16.5. The third-order valence-electron chi connectivity index (χ3n) is 5.13. The Morgan fingerprint density at radius 2 is 2.03 bits per heavy atom. The van der Waals surface area contributed by atoms with Crippen LogP contribution >= 0.6 is 0 Å². The van der Waals surface area contributed by atoms with Gasteiger partial charge in [-0.1, -0.05) is 35.9 Å². The van der Waals surface area contributed by atoms with Crippen molar-refractivity contribution < 1.29 is 14.2 Å². The van der Waals surface area contributed by atoms with Gasteiger partial charge in [0, 0.05) is 11.3 Å². The van der Waals surface area contributed by atoms with Gasteiger partial charge >= 0.3 is 0 Å². The van der Waals surface area contributed by atoms with Gasteiger partial charge in [-0.15, -0.1) is 5.10 Å². The number of aryl methyl sites for hydroxylation is 2. The van der Waals surface area contributed by atoms with E-state index < -0.39 is 5.92 Å². The molecule has 7 nitrogen and oxygen atoms in total. The Kier molecular flexibility index (Phi) is 5.07. The molecular weight excluding hydrogens is 380 g/mol. The second-order valence-electron chi connectivity index (χ2n) is 7.18. The van der Waals surface area contributed by atoms with E-state index in [-0.39, 0.29) is 5.88 Å². The number of aromatic nitrogens is 2. The van der Waals surface area contributed by atoms with Crippen LogP contribution in [0.1, 0.15) is 33.9 Å². The van der Waals surface area contributed by atoms with Crippen LogP contribution in [-0.2, 0) is 6.61 Å². The minimum atomic E-state index is -0.405. The quantitative estimate of drug-likeness (QED) is 0.672. The number of nitrogens with two attached hydrogens (primary N) is 1. The highest BCUT2D eigenvalue weighted by molar-refractivity contribution is 5.57. The largest absolute Gasteiger partial charge is 0.493 e. The summed E-state index contributed by atoms with van der Waals surface area (Å²) in [6.07, 6.45) is 0. The van der Waals surface area contributed by atoms with Gasteiger partial charge in [-0.25, -0.2) is 0 Å². The average Bonchev–Trinajstić information content (AvgIpc) is 3.11. The Labute approximate surface area is 174 Å². The lowest BCUT2D eigenvalue weighted by atomic mass is 9.84. The van der Waals surface area contributed by atoms with Gasteiger partial charge in [0.15, 0.2) is 11.5 Å². The second-order valence-corrected chi connectivity index (χ2v) is 7.18. The first-order valence-electron chi connectivity index (χ1n) is 9.50. The number of methoxy groups -OCH3 is 1. The van der Waals surface area contributed by atoms with Crippen LogP contribution in [0.4, 0.5) is 0 Å². The molecule has 4 rings (SSSR count). The van der Waals surface area contributed by atoms with Crippen molar-refractivity contribution in [3.63, 3.8) is 0 Å². The monoisotopic (exact) mass is 402 g/mol. The molecule has 1 aromatic heterocycles. The van der Waals surface area contributed by atoms with E-state index in [0.717, 1.165) is 22.4 Å². The van der Waals surface area contributed by atoms with Crippen LogP contribution in [0.25, 0.3) is 0 Å². The van der Waals surface area contributed by atoms with Crippen LogP contribution in [0, 0.1) is 25.2 Å². The number of ether oxygens (including phenoxy) is 3. The van der Waals surface area contributed by atoms with Gasteiger partial charge in [0.25, 0.3) is 0 Å². The summed E-state index contributed by atoms with van der Waals surface area (Å²) in [6.45, 7) is 4.36. The van der Waals surface area contributed by atoms with Gasteiger partial charge in [-0.3, -0.25) is 5.10 Å². The zero-order valence-corrected chi connectivity index (χ0v) is 17.0. The first-order chi connectivity index (χ1) is 14.5. The van der Waals surface area contributed by atoms with E-state index in [0.29, 0.717) is 29.6 Å². The maximum Gasteiger partial charge on any atom is 0.244 e. The molecule has 3 N–H and O–H groups in total. The fourth-order valence-electron chi connectivity index (χ4n) is 3.68. The van der Waals surface area contributed by atoms with E-state index in [4.69, 9.17) is 19.9 Å². The third-order valence-corrected chi connectivity index (χ3v) is 5.13. The number of hydrogen-bond donors (Lipinski definition) is 2. The number of rotatable bonds is 5. The minimum Gasteiger partial charge on any atom is -0.493 e. The van der Waals surface area contributed by atoms with Gasteiger partial charge in [0.1, 0.15) is 18.2 Å². The van der Waals surface area contributed by atoms with Crippen molar-refractivity contribution in [3.05, 3.63) is 81.9 Å². The number of H-pyrrole nitrogens is 1. The molecule has 0 radical (unpaired) electrons. The molecule has 0 saturated heterocycles. The van der Waals surface area contributed by atoms with Gasteiger partial charge < -0.3 is 19.9 Å². The topological polar surface area (TPSA) is 106 Å². The molecule has 7 heteroatoms. The fourth-order valence-corrected chi connectivity index (χ4v) is 3.68. The van der Waals surface area contributed by atoms with Gasteiger partial charge in [-0.05, 0) is 37.1 Å². The molecule has 1 aliphatic heterocycles. The lowest BCUT2D eigenvalue weighted by molar-refractivity contribution is 0.284. The summed E-state index contributed by atoms with van der Waals surface area (Å²) in [5.74, 6) is 1.23. The Morgan fingerprint density at radius 3 is 2.77 bits per heavy atom. The molecule has 1 aliphatic rings. The predicted molar refractivity (Wildman–Crippen MR) is 111 cm³/mol. The maximum absolute atomic E-state index is 9.71. The molecule has 0 bridgehead atoms. The normalized spacial score (nSPS) is 15.2. The van der Waals surface area contributed by atoms with Gasteiger partial charge in [0.2, 0.25) is 11.8 Å². The Balaban J connectivity index is 1.69. The average molecular weight is 402 g/mol. The van der Waals surface area contributed by atoms with E-state index in [1.54, 1.807) is 7.11 Å². The van der Waals surface area contributed by atoms with Crippen molar-refractivity contribution in [2.45, 2.75) is 26.4 Å². The number of allylic oxidation sites excluding steroid dienone is 1. The van der Waals surface area contributed by atoms with Crippen molar-refractivity contribution >= 4 is 0 Å². The summed E-state index contributed by atoms with van der Waals surface area (Å²) in [6, 6.07) is 16.0. The number of benzene rings is 2. The summed E-state index contributed by atoms with van der Waals surface area (Å²) in [7, 11) is 1.59. The molecule has 0 aliphatic carbocycles. The zero-order chi connectivity index (χ0) is 21.3. The van der Waals surface area contributed by atoms with Gasteiger partial charge in [-0.2, -0.15) is 5.26 Å². The van der Waals surface area contributed by atoms with Gasteiger partial charge in [0.05, 0.1) is 13.0 Å². The molecule has 1 atom stereocenters. The van der Waals surface area contributed by atoms with Crippen molar-refractivity contribution in [3.8, 4) is 23.4 Å². The van der Waals surface area contributed by atoms with E-state index in [1.165, 1.54) is 5.56 Å². The molecule has 2 aromatic carbocycles. The predicted octanol–water partition coefficient (Wildman–Crippen LogP) is 3.83. The summed E-state index contributed by atoms with van der Waals surface area (Å²) in [5, 5.41) is 16.8. The number of nitrogens with zero attached hydrogens (tertiary/aromatic N) is 2. The number of hydrogen-bond acceptors (Lipinski definition) is 6. The number of nitrogens with one attached hydrogen (secondary N) is 1. The van der Waals surface area contributed by atoms with Crippen LogP contribution in [0.15, 0.2) is 53.9 Å². The van der Waals surface area contributed by atoms with Crippen LogP contribution in [0.2, 0.25) is 0 Å². The SMILES string of the molecule is COc1cc([C@H]2C(C#N)=C(N)Oc3n[nH]c(C)c32)ccc1OCc1cccc(C)c1. The van der Waals surface area contributed by atoms with Crippen LogP contribution in [0.5, 0.6) is 17.4 Å². The lowest BCUT2D eigenvalue weighted by Crippen LogP contribution is -2.21. The highest BCUT2D eigenvalue weighted by Gasteiger charge is 2.34. The fraction of sp³-hybridized carbons (Fsp3) is 0.217. The molecule has 30 heavy (non-hydrogen) atoms. The zero-order valence-electron chi connectivity index (χ0n) is 17.0. The smallest absolute Gasteiger partial charge is 0.244 e. The minimum absolute atomic E-state index is 0.0558. The maximum atomic E-state index is 9.71. The van der Waals surface area contributed by atoms with Crippen LogP contribution in [0.3, 0.4) is 0 Å². The molecule has 0 spiro atoms.